The van der Waals surface area contributed by atoms with Gasteiger partial charge in [0.05, 0.1) is 11.6 Å². The molecule has 4 N–H and O–H groups in total. The highest BCUT2D eigenvalue weighted by molar-refractivity contribution is 5.94. The van der Waals surface area contributed by atoms with Crippen molar-refractivity contribution < 1.29 is 19.4 Å². The second-order valence-electron chi connectivity index (χ2n) is 7.73. The van der Waals surface area contributed by atoms with E-state index in [1.807, 2.05) is 12.1 Å². The Kier molecular flexibility index (Phi) is 6.68. The Hall–Kier alpha value is -3.69. The van der Waals surface area contributed by atoms with E-state index in [-0.39, 0.29) is 36.9 Å². The van der Waals surface area contributed by atoms with Crippen molar-refractivity contribution >= 4 is 17.8 Å². The summed E-state index contributed by atoms with van der Waals surface area (Å²) < 4.78 is 5.90. The normalized spacial score (nSPS) is 17.9. The Morgan fingerprint density at radius 2 is 1.90 bits per heavy atom. The minimum absolute atomic E-state index is 0.0326. The van der Waals surface area contributed by atoms with Gasteiger partial charge >= 0.3 is 12.0 Å². The van der Waals surface area contributed by atoms with Crippen LogP contribution in [-0.4, -0.2) is 76.0 Å². The quantitative estimate of drug-likeness (QED) is 0.451. The lowest BCUT2D eigenvalue weighted by molar-refractivity contribution is -0.138. The fourth-order valence-corrected chi connectivity index (χ4v) is 3.57. The van der Waals surface area contributed by atoms with Crippen molar-refractivity contribution in [3.63, 3.8) is 0 Å². The molecule has 0 aliphatic carbocycles. The number of nitrogens with zero attached hydrogens (tertiary/aromatic N) is 4. The molecule has 3 rings (SSSR count). The number of aliphatic carboxylic acids is 1. The molecule has 10 nitrogen and oxygen atoms in total. The first-order valence-electron chi connectivity index (χ1n) is 9.84. The fourth-order valence-electron chi connectivity index (χ4n) is 3.57. The van der Waals surface area contributed by atoms with Crippen molar-refractivity contribution in [1.29, 1.82) is 5.41 Å². The summed E-state index contributed by atoms with van der Waals surface area (Å²) in [7, 11) is 3.35. The number of nitrogens with one attached hydrogen (secondary N) is 1. The van der Waals surface area contributed by atoms with Crippen molar-refractivity contribution in [2.24, 2.45) is 11.7 Å². The predicted octanol–water partition coefficient (Wildman–Crippen LogP) is 1.65. The smallest absolute Gasteiger partial charge is 0.319 e. The zero-order valence-electron chi connectivity index (χ0n) is 17.5. The van der Waals surface area contributed by atoms with Crippen molar-refractivity contribution in [3.8, 4) is 17.1 Å². The Morgan fingerprint density at radius 1 is 1.26 bits per heavy atom. The molecule has 0 radical (unpaired) electrons. The van der Waals surface area contributed by atoms with Crippen molar-refractivity contribution in [2.45, 2.75) is 18.9 Å². The minimum Gasteiger partial charge on any atom is -0.491 e. The number of carboxylic acids is 1. The molecular weight excluding hydrogens is 400 g/mol. The number of carbonyl (C=O) groups is 2. The lowest BCUT2D eigenvalue weighted by Gasteiger charge is -2.27. The van der Waals surface area contributed by atoms with Crippen LogP contribution in [0.25, 0.3) is 11.4 Å². The maximum Gasteiger partial charge on any atom is 0.319 e. The van der Waals surface area contributed by atoms with Crippen LogP contribution in [0.1, 0.15) is 18.4 Å². The molecule has 2 atom stereocenters. The van der Waals surface area contributed by atoms with Gasteiger partial charge in [0, 0.05) is 45.0 Å². The van der Waals surface area contributed by atoms with Gasteiger partial charge in [-0.25, -0.2) is 14.8 Å². The molecule has 164 valence electrons. The largest absolute Gasteiger partial charge is 0.491 e. The molecular formula is C21H26N6O4. The molecule has 1 saturated heterocycles. The van der Waals surface area contributed by atoms with Gasteiger partial charge in [0.2, 0.25) is 0 Å². The Labute approximate surface area is 180 Å². The van der Waals surface area contributed by atoms with Gasteiger partial charge in [-0.1, -0.05) is 0 Å². The molecule has 1 aliphatic rings. The molecule has 1 aliphatic heterocycles. The molecule has 2 aromatic rings. The van der Waals surface area contributed by atoms with Crippen LogP contribution in [0.4, 0.5) is 4.79 Å². The summed E-state index contributed by atoms with van der Waals surface area (Å²) in [6.45, 7) is 0.683. The maximum absolute atomic E-state index is 12.5. The SMILES string of the molecule is CN(C)C(=O)N1C[C@H](CC(=O)O)C[C@H]1COc1ccc(-c2ncc(C(=N)N)cn2)cc1. The number of nitrogen functional groups attached to an aromatic ring is 1. The topological polar surface area (TPSA) is 146 Å². The number of hydrogen-bond donors (Lipinski definition) is 3. The van der Waals surface area contributed by atoms with Crippen LogP contribution in [-0.2, 0) is 4.79 Å². The second kappa shape index (κ2) is 9.41. The van der Waals surface area contributed by atoms with Crippen LogP contribution in [0.15, 0.2) is 36.7 Å². The van der Waals surface area contributed by atoms with Gasteiger partial charge in [-0.2, -0.15) is 0 Å². The standard InChI is InChI=1S/C21H26N6O4/c1-26(2)21(30)27-11-13(8-18(28)29)7-16(27)12-31-17-5-3-14(4-6-17)20-24-9-15(10-25-20)19(22)23/h3-6,9-10,13,16H,7-8,11-12H2,1-2H3,(H3,22,23)(H,28,29)/t13-,16-/m0/s1. The van der Waals surface area contributed by atoms with E-state index in [1.165, 1.54) is 17.3 Å². The van der Waals surface area contributed by atoms with Crippen LogP contribution in [0.5, 0.6) is 5.75 Å². The lowest BCUT2D eigenvalue weighted by atomic mass is 10.0. The number of aromatic nitrogens is 2. The number of hydrogen-bond acceptors (Lipinski definition) is 6. The summed E-state index contributed by atoms with van der Waals surface area (Å²) >= 11 is 0. The van der Waals surface area contributed by atoms with Crippen molar-refractivity contribution in [3.05, 3.63) is 42.2 Å². The van der Waals surface area contributed by atoms with E-state index in [1.54, 1.807) is 31.1 Å². The number of carboxylic acid groups (broad SMARTS) is 1. The summed E-state index contributed by atoms with van der Waals surface area (Å²) in [6, 6.07) is 6.88. The van der Waals surface area contributed by atoms with Crippen LogP contribution in [0.2, 0.25) is 0 Å². The van der Waals surface area contributed by atoms with Crippen LogP contribution >= 0.6 is 0 Å². The average molecular weight is 426 g/mol. The molecule has 10 heteroatoms. The van der Waals surface area contributed by atoms with Gasteiger partial charge in [0.1, 0.15) is 18.2 Å². The molecule has 1 fully saturated rings. The van der Waals surface area contributed by atoms with Gasteiger partial charge in [-0.15, -0.1) is 0 Å². The number of amidine groups is 1. The molecule has 2 amide bonds. The molecule has 1 aromatic heterocycles. The van der Waals surface area contributed by atoms with Gasteiger partial charge < -0.3 is 25.4 Å². The number of rotatable bonds is 7. The first-order valence-corrected chi connectivity index (χ1v) is 9.84. The molecule has 0 saturated carbocycles. The summed E-state index contributed by atoms with van der Waals surface area (Å²) in [6.07, 6.45) is 3.61. The zero-order chi connectivity index (χ0) is 22.5. The summed E-state index contributed by atoms with van der Waals surface area (Å²) in [5.74, 6) is 0.0923. The van der Waals surface area contributed by atoms with Gasteiger partial charge in [0.15, 0.2) is 5.82 Å². The number of benzene rings is 1. The summed E-state index contributed by atoms with van der Waals surface area (Å²) in [5, 5.41) is 16.5. The molecule has 0 unspecified atom stereocenters. The minimum atomic E-state index is -0.863. The monoisotopic (exact) mass is 426 g/mol. The third-order valence-corrected chi connectivity index (χ3v) is 5.11. The fraction of sp³-hybridized carbons (Fsp3) is 0.381. The summed E-state index contributed by atoms with van der Waals surface area (Å²) in [4.78, 5) is 35.2. The van der Waals surface area contributed by atoms with Crippen molar-refractivity contribution in [1.82, 2.24) is 19.8 Å². The highest BCUT2D eigenvalue weighted by Gasteiger charge is 2.37. The maximum atomic E-state index is 12.5. The Bertz CT molecular complexity index is 945. The third-order valence-electron chi connectivity index (χ3n) is 5.11. The number of amides is 2. The first-order chi connectivity index (χ1) is 14.7. The number of urea groups is 1. The van der Waals surface area contributed by atoms with E-state index in [2.05, 4.69) is 9.97 Å². The van der Waals surface area contributed by atoms with Crippen LogP contribution < -0.4 is 10.5 Å². The number of ether oxygens (including phenoxy) is 1. The highest BCUT2D eigenvalue weighted by Crippen LogP contribution is 2.28. The van der Waals surface area contributed by atoms with Gasteiger partial charge in [-0.05, 0) is 36.6 Å². The van der Waals surface area contributed by atoms with Gasteiger partial charge in [0.25, 0.3) is 0 Å². The molecule has 31 heavy (non-hydrogen) atoms. The van der Waals surface area contributed by atoms with E-state index < -0.39 is 5.97 Å². The summed E-state index contributed by atoms with van der Waals surface area (Å²) in [5.41, 5.74) is 6.66. The van der Waals surface area contributed by atoms with Crippen LogP contribution in [0, 0.1) is 11.3 Å². The van der Waals surface area contributed by atoms with Gasteiger partial charge in [-0.3, -0.25) is 10.2 Å². The third kappa shape index (κ3) is 5.47. The molecule has 0 bridgehead atoms. The van der Waals surface area contributed by atoms with E-state index in [4.69, 9.17) is 21.0 Å². The molecule has 2 heterocycles. The molecule has 1 aromatic carbocycles. The van der Waals surface area contributed by atoms with E-state index in [0.29, 0.717) is 30.1 Å². The predicted molar refractivity (Wildman–Crippen MR) is 114 cm³/mol. The first kappa shape index (κ1) is 22.0. The number of carbonyl (C=O) groups excluding carboxylic acids is 1. The van der Waals surface area contributed by atoms with Crippen LogP contribution in [0.3, 0.4) is 0 Å². The number of likely N-dealkylation sites (tertiary alicyclic amines) is 1. The average Bonchev–Trinajstić information content (AvgIpc) is 3.13. The van der Waals surface area contributed by atoms with E-state index in [0.717, 1.165) is 5.56 Å². The highest BCUT2D eigenvalue weighted by atomic mass is 16.5. The van der Waals surface area contributed by atoms with E-state index in [9.17, 15) is 9.59 Å². The number of nitrogens with two attached hydrogens (primary N) is 1. The second-order valence-corrected chi connectivity index (χ2v) is 7.73. The molecule has 0 spiro atoms. The lowest BCUT2D eigenvalue weighted by Crippen LogP contribution is -2.44. The Morgan fingerprint density at radius 3 is 2.45 bits per heavy atom. The van der Waals surface area contributed by atoms with E-state index >= 15 is 0 Å². The zero-order valence-corrected chi connectivity index (χ0v) is 17.5. The Balaban J connectivity index is 1.64. The van der Waals surface area contributed by atoms with Crippen molar-refractivity contribution in [2.75, 3.05) is 27.2 Å².